The van der Waals surface area contributed by atoms with Gasteiger partial charge < -0.3 is 19.9 Å². The first-order valence-electron chi connectivity index (χ1n) is 7.76. The van der Waals surface area contributed by atoms with Crippen LogP contribution in [0.2, 0.25) is 0 Å². The molecule has 6 heteroatoms. The highest BCUT2D eigenvalue weighted by molar-refractivity contribution is 5.78. The van der Waals surface area contributed by atoms with Gasteiger partial charge in [0, 0.05) is 6.04 Å². The monoisotopic (exact) mass is 306 g/mol. The Morgan fingerprint density at radius 3 is 3.00 bits per heavy atom. The standard InChI is InChI=1S/C16H22N2O4/c19-10-12-4-3-7-18(12)9-16(20)17-8-13-11-21-14-5-1-2-6-15(14)22-13/h1-2,5-6,12-13,19H,3-4,7-11H2,(H,17,20)/t12-,13-/m1/s1. The first-order chi connectivity index (χ1) is 10.8. The molecule has 0 unspecified atom stereocenters. The van der Waals surface area contributed by atoms with Gasteiger partial charge in [-0.3, -0.25) is 9.69 Å². The Balaban J connectivity index is 1.44. The van der Waals surface area contributed by atoms with E-state index in [9.17, 15) is 9.90 Å². The summed E-state index contributed by atoms with van der Waals surface area (Å²) in [6, 6.07) is 7.64. The van der Waals surface area contributed by atoms with Crippen molar-refractivity contribution in [3.05, 3.63) is 24.3 Å². The average Bonchev–Trinajstić information content (AvgIpc) is 3.00. The molecule has 1 aromatic carbocycles. The van der Waals surface area contributed by atoms with E-state index >= 15 is 0 Å². The van der Waals surface area contributed by atoms with Gasteiger partial charge in [0.15, 0.2) is 11.5 Å². The van der Waals surface area contributed by atoms with Gasteiger partial charge in [0.1, 0.15) is 12.7 Å². The molecular weight excluding hydrogens is 284 g/mol. The van der Waals surface area contributed by atoms with Gasteiger partial charge in [-0.05, 0) is 31.5 Å². The van der Waals surface area contributed by atoms with E-state index in [4.69, 9.17) is 9.47 Å². The number of carbonyl (C=O) groups excluding carboxylic acids is 1. The fraction of sp³-hybridized carbons (Fsp3) is 0.562. The second-order valence-corrected chi connectivity index (χ2v) is 5.75. The quantitative estimate of drug-likeness (QED) is 0.824. The third kappa shape index (κ3) is 3.51. The molecular formula is C16H22N2O4. The van der Waals surface area contributed by atoms with Crippen LogP contribution in [0.4, 0.5) is 0 Å². The number of aliphatic hydroxyl groups is 1. The minimum absolute atomic E-state index is 0.0391. The van der Waals surface area contributed by atoms with Crippen molar-refractivity contribution >= 4 is 5.91 Å². The molecule has 1 fully saturated rings. The number of fused-ring (bicyclic) bond motifs is 1. The number of likely N-dealkylation sites (tertiary alicyclic amines) is 1. The van der Waals surface area contributed by atoms with Crippen LogP contribution in [0.3, 0.4) is 0 Å². The predicted octanol–water partition coefficient (Wildman–Crippen LogP) is 0.399. The van der Waals surface area contributed by atoms with Crippen molar-refractivity contribution in [3.63, 3.8) is 0 Å². The molecule has 120 valence electrons. The Morgan fingerprint density at radius 1 is 1.36 bits per heavy atom. The van der Waals surface area contributed by atoms with Gasteiger partial charge in [0.25, 0.3) is 0 Å². The summed E-state index contributed by atoms with van der Waals surface area (Å²) < 4.78 is 11.4. The summed E-state index contributed by atoms with van der Waals surface area (Å²) in [6.07, 6.45) is 1.82. The van der Waals surface area contributed by atoms with Crippen molar-refractivity contribution in [1.29, 1.82) is 0 Å². The van der Waals surface area contributed by atoms with Crippen LogP contribution in [0.15, 0.2) is 24.3 Å². The largest absolute Gasteiger partial charge is 0.486 e. The number of hydrogen-bond donors (Lipinski definition) is 2. The zero-order valence-corrected chi connectivity index (χ0v) is 12.5. The molecule has 2 N–H and O–H groups in total. The molecule has 0 bridgehead atoms. The molecule has 1 saturated heterocycles. The lowest BCUT2D eigenvalue weighted by Crippen LogP contribution is -2.45. The molecule has 0 spiro atoms. The molecule has 0 aromatic heterocycles. The number of nitrogens with one attached hydrogen (secondary N) is 1. The highest BCUT2D eigenvalue weighted by Gasteiger charge is 2.26. The SMILES string of the molecule is O=C(CN1CCC[C@@H]1CO)NC[C@@H]1COc2ccccc2O1. The first kappa shape index (κ1) is 15.1. The highest BCUT2D eigenvalue weighted by atomic mass is 16.6. The summed E-state index contributed by atoms with van der Waals surface area (Å²) in [4.78, 5) is 14.0. The molecule has 1 amide bonds. The third-order valence-electron chi connectivity index (χ3n) is 4.15. The molecule has 22 heavy (non-hydrogen) atoms. The van der Waals surface area contributed by atoms with Gasteiger partial charge in [-0.2, -0.15) is 0 Å². The normalized spacial score (nSPS) is 24.2. The Labute approximate surface area is 130 Å². The molecule has 3 rings (SSSR count). The van der Waals surface area contributed by atoms with Crippen LogP contribution in [0.5, 0.6) is 11.5 Å². The van der Waals surface area contributed by atoms with Crippen LogP contribution in [-0.4, -0.2) is 60.9 Å². The minimum Gasteiger partial charge on any atom is -0.486 e. The number of para-hydroxylation sites is 2. The van der Waals surface area contributed by atoms with E-state index in [1.165, 1.54) is 0 Å². The molecule has 2 heterocycles. The van der Waals surface area contributed by atoms with E-state index in [-0.39, 0.29) is 24.7 Å². The fourth-order valence-corrected chi connectivity index (χ4v) is 2.94. The summed E-state index contributed by atoms with van der Waals surface area (Å²) in [5.41, 5.74) is 0. The molecule has 0 radical (unpaired) electrons. The third-order valence-corrected chi connectivity index (χ3v) is 4.15. The molecule has 2 aliphatic heterocycles. The zero-order chi connectivity index (χ0) is 15.4. The van der Waals surface area contributed by atoms with Crippen LogP contribution in [0, 0.1) is 0 Å². The van der Waals surface area contributed by atoms with Gasteiger partial charge in [-0.15, -0.1) is 0 Å². The lowest BCUT2D eigenvalue weighted by Gasteiger charge is -2.27. The maximum Gasteiger partial charge on any atom is 0.234 e. The summed E-state index contributed by atoms with van der Waals surface area (Å²) >= 11 is 0. The van der Waals surface area contributed by atoms with Crippen LogP contribution in [0.25, 0.3) is 0 Å². The van der Waals surface area contributed by atoms with E-state index in [0.29, 0.717) is 25.4 Å². The van der Waals surface area contributed by atoms with Crippen molar-refractivity contribution in [1.82, 2.24) is 10.2 Å². The van der Waals surface area contributed by atoms with Crippen molar-refractivity contribution in [2.24, 2.45) is 0 Å². The molecule has 1 aromatic rings. The lowest BCUT2D eigenvalue weighted by atomic mass is 10.2. The van der Waals surface area contributed by atoms with Crippen molar-refractivity contribution in [2.45, 2.75) is 25.0 Å². The highest BCUT2D eigenvalue weighted by Crippen LogP contribution is 2.30. The summed E-state index contributed by atoms with van der Waals surface area (Å²) in [7, 11) is 0. The number of rotatable bonds is 5. The molecule has 0 saturated carbocycles. The van der Waals surface area contributed by atoms with Crippen LogP contribution >= 0.6 is 0 Å². The van der Waals surface area contributed by atoms with Gasteiger partial charge in [0.05, 0.1) is 19.7 Å². The summed E-state index contributed by atoms with van der Waals surface area (Å²) in [5, 5.41) is 12.2. The van der Waals surface area contributed by atoms with E-state index < -0.39 is 0 Å². The average molecular weight is 306 g/mol. The number of aliphatic hydroxyl groups excluding tert-OH is 1. The number of hydrogen-bond acceptors (Lipinski definition) is 5. The maximum absolute atomic E-state index is 12.0. The van der Waals surface area contributed by atoms with Gasteiger partial charge in [0.2, 0.25) is 5.91 Å². The Bertz CT molecular complexity index is 523. The van der Waals surface area contributed by atoms with E-state index in [1.54, 1.807) is 0 Å². The Hall–Kier alpha value is -1.79. The number of benzene rings is 1. The maximum atomic E-state index is 12.0. The topological polar surface area (TPSA) is 71.0 Å². The second-order valence-electron chi connectivity index (χ2n) is 5.75. The molecule has 2 aliphatic rings. The van der Waals surface area contributed by atoms with Gasteiger partial charge >= 0.3 is 0 Å². The number of amides is 1. The van der Waals surface area contributed by atoms with Crippen molar-refractivity contribution < 1.29 is 19.4 Å². The van der Waals surface area contributed by atoms with Crippen LogP contribution < -0.4 is 14.8 Å². The van der Waals surface area contributed by atoms with Crippen LogP contribution in [0.1, 0.15) is 12.8 Å². The Kier molecular flexibility index (Phi) is 4.80. The first-order valence-corrected chi connectivity index (χ1v) is 7.76. The molecule has 0 aliphatic carbocycles. The molecule has 2 atom stereocenters. The number of ether oxygens (including phenoxy) is 2. The summed E-state index contributed by atoms with van der Waals surface area (Å²) in [5.74, 6) is 1.42. The number of carbonyl (C=O) groups is 1. The smallest absolute Gasteiger partial charge is 0.234 e. The number of nitrogens with zero attached hydrogens (tertiary/aromatic N) is 1. The molecule has 6 nitrogen and oxygen atoms in total. The van der Waals surface area contributed by atoms with Gasteiger partial charge in [-0.25, -0.2) is 0 Å². The zero-order valence-electron chi connectivity index (χ0n) is 12.5. The van der Waals surface area contributed by atoms with E-state index in [0.717, 1.165) is 25.1 Å². The van der Waals surface area contributed by atoms with E-state index in [1.807, 2.05) is 29.2 Å². The van der Waals surface area contributed by atoms with E-state index in [2.05, 4.69) is 5.32 Å². The second kappa shape index (κ2) is 6.98. The van der Waals surface area contributed by atoms with Gasteiger partial charge in [-0.1, -0.05) is 12.1 Å². The summed E-state index contributed by atoms with van der Waals surface area (Å²) in [6.45, 7) is 2.17. The fourth-order valence-electron chi connectivity index (χ4n) is 2.94. The van der Waals surface area contributed by atoms with Crippen molar-refractivity contribution in [3.8, 4) is 11.5 Å². The lowest BCUT2D eigenvalue weighted by molar-refractivity contribution is -0.123. The minimum atomic E-state index is -0.175. The Morgan fingerprint density at radius 2 is 2.18 bits per heavy atom. The van der Waals surface area contributed by atoms with Crippen LogP contribution in [-0.2, 0) is 4.79 Å². The predicted molar refractivity (Wildman–Crippen MR) is 81.0 cm³/mol. The van der Waals surface area contributed by atoms with Crippen molar-refractivity contribution in [2.75, 3.05) is 32.8 Å².